The van der Waals surface area contributed by atoms with Crippen LogP contribution in [0.1, 0.15) is 11.6 Å². The minimum atomic E-state index is -3.60. The van der Waals surface area contributed by atoms with E-state index in [0.717, 1.165) is 24.3 Å². The average Bonchev–Trinajstić information content (AvgIpc) is 2.69. The van der Waals surface area contributed by atoms with Crippen molar-refractivity contribution in [2.75, 3.05) is 51.8 Å². The monoisotopic (exact) mass is 424 g/mol. The van der Waals surface area contributed by atoms with Crippen LogP contribution in [0.25, 0.3) is 0 Å². The van der Waals surface area contributed by atoms with E-state index < -0.39 is 10.0 Å². The molecule has 0 bridgehead atoms. The topological polar surface area (TPSA) is 63.1 Å². The number of nitrogens with one attached hydrogen (secondary N) is 2. The Morgan fingerprint density at radius 3 is 2.25 bits per heavy atom. The maximum absolute atomic E-state index is 12.7. The van der Waals surface area contributed by atoms with E-state index in [1.54, 1.807) is 12.1 Å². The summed E-state index contributed by atoms with van der Waals surface area (Å²) < 4.78 is 33.7. The average molecular weight is 425 g/mol. The van der Waals surface area contributed by atoms with Crippen LogP contribution in [-0.2, 0) is 14.8 Å². The number of nitrogens with zero attached hydrogens (tertiary/aromatic N) is 1. The summed E-state index contributed by atoms with van der Waals surface area (Å²) >= 11 is 5.87. The third-order valence-corrected chi connectivity index (χ3v) is 6.73. The van der Waals surface area contributed by atoms with E-state index in [2.05, 4.69) is 29.0 Å². The summed E-state index contributed by atoms with van der Waals surface area (Å²) in [6.45, 7) is 3.39. The number of sulfonamides is 1. The van der Waals surface area contributed by atoms with Crippen molar-refractivity contribution in [2.45, 2.75) is 10.9 Å². The van der Waals surface area contributed by atoms with Crippen LogP contribution >= 0.6 is 11.6 Å². The van der Waals surface area contributed by atoms with E-state index >= 15 is 0 Å². The highest BCUT2D eigenvalue weighted by Crippen LogP contribution is 2.18. The van der Waals surface area contributed by atoms with Crippen LogP contribution in [-0.4, -0.2) is 55.4 Å². The quantitative estimate of drug-likeness (QED) is 0.704. The largest absolute Gasteiger partial charge is 0.378 e. The van der Waals surface area contributed by atoms with Gasteiger partial charge >= 0.3 is 0 Å². The lowest BCUT2D eigenvalue weighted by Crippen LogP contribution is -3.15. The molecule has 6 nitrogen and oxygen atoms in total. The molecule has 1 saturated heterocycles. The first kappa shape index (κ1) is 21.1. The van der Waals surface area contributed by atoms with Crippen LogP contribution in [0.4, 0.5) is 5.69 Å². The number of halogens is 1. The van der Waals surface area contributed by atoms with Crippen molar-refractivity contribution in [1.82, 2.24) is 4.72 Å². The third-order valence-electron chi connectivity index (χ3n) is 5.04. The Labute approximate surface area is 172 Å². The van der Waals surface area contributed by atoms with Gasteiger partial charge in [-0.3, -0.25) is 0 Å². The lowest BCUT2D eigenvalue weighted by molar-refractivity contribution is -0.937. The van der Waals surface area contributed by atoms with E-state index in [-0.39, 0.29) is 10.9 Å². The number of ether oxygens (including phenoxy) is 1. The molecule has 3 rings (SSSR count). The molecule has 1 aliphatic heterocycles. The molecular weight excluding hydrogens is 398 g/mol. The van der Waals surface area contributed by atoms with Crippen molar-refractivity contribution in [3.63, 3.8) is 0 Å². The van der Waals surface area contributed by atoms with Crippen molar-refractivity contribution in [1.29, 1.82) is 0 Å². The highest BCUT2D eigenvalue weighted by molar-refractivity contribution is 7.89. The second-order valence-electron chi connectivity index (χ2n) is 7.11. The molecule has 152 valence electrons. The fourth-order valence-corrected chi connectivity index (χ4v) is 4.55. The molecule has 1 atom stereocenters. The molecule has 2 aromatic carbocycles. The maximum Gasteiger partial charge on any atom is 0.240 e. The number of quaternary nitrogens is 1. The highest BCUT2D eigenvalue weighted by atomic mass is 35.5. The van der Waals surface area contributed by atoms with Crippen LogP contribution in [0.3, 0.4) is 0 Å². The van der Waals surface area contributed by atoms with E-state index in [4.69, 9.17) is 16.3 Å². The van der Waals surface area contributed by atoms with E-state index in [9.17, 15) is 8.42 Å². The normalized spacial score (nSPS) is 16.7. The van der Waals surface area contributed by atoms with Crippen LogP contribution in [0.15, 0.2) is 53.4 Å². The first-order valence-electron chi connectivity index (χ1n) is 9.31. The maximum atomic E-state index is 12.7. The lowest BCUT2D eigenvalue weighted by atomic mass is 10.0. The van der Waals surface area contributed by atoms with Crippen molar-refractivity contribution in [2.24, 2.45) is 0 Å². The summed E-state index contributed by atoms with van der Waals surface area (Å²) in [6, 6.07) is 14.5. The molecule has 2 N–H and O–H groups in total. The molecule has 0 aromatic heterocycles. The fraction of sp³-hybridized carbons (Fsp3) is 0.400. The zero-order valence-corrected chi connectivity index (χ0v) is 17.8. The number of hydrogen-bond donors (Lipinski definition) is 2. The molecule has 2 aromatic rings. The summed E-state index contributed by atoms with van der Waals surface area (Å²) in [5.41, 5.74) is 2.22. The second kappa shape index (κ2) is 9.24. The molecule has 1 aliphatic rings. The van der Waals surface area contributed by atoms with Gasteiger partial charge in [0.15, 0.2) is 0 Å². The van der Waals surface area contributed by atoms with E-state index in [1.807, 2.05) is 19.0 Å². The molecule has 0 radical (unpaired) electrons. The predicted molar refractivity (Wildman–Crippen MR) is 112 cm³/mol. The summed E-state index contributed by atoms with van der Waals surface area (Å²) in [7, 11) is 0.398. The summed E-state index contributed by atoms with van der Waals surface area (Å²) in [4.78, 5) is 3.59. The van der Waals surface area contributed by atoms with Crippen LogP contribution in [0, 0.1) is 0 Å². The SMILES string of the molecule is CN(C)c1ccc([C@@H](CNS(=O)(=O)c2ccc(Cl)cc2)[NH+]2CCOCC2)cc1. The summed E-state index contributed by atoms with van der Waals surface area (Å²) in [5.74, 6) is 0. The number of rotatable bonds is 7. The first-order valence-corrected chi connectivity index (χ1v) is 11.2. The zero-order valence-electron chi connectivity index (χ0n) is 16.2. The van der Waals surface area contributed by atoms with Gasteiger partial charge in [0.1, 0.15) is 19.1 Å². The standard InChI is InChI=1S/C20H26ClN3O3S/c1-23(2)18-7-3-16(4-8-18)20(24-11-13-27-14-12-24)15-22-28(25,26)19-9-5-17(21)6-10-19/h3-10,20,22H,11-15H2,1-2H3/p+1/t20-/m1/s1. The predicted octanol–water partition coefficient (Wildman–Crippen LogP) is 1.34. The fourth-order valence-electron chi connectivity index (χ4n) is 3.37. The van der Waals surface area contributed by atoms with Gasteiger partial charge in [-0.05, 0) is 36.4 Å². The van der Waals surface area contributed by atoms with Gasteiger partial charge in [0, 0.05) is 30.4 Å². The minimum Gasteiger partial charge on any atom is -0.378 e. The van der Waals surface area contributed by atoms with Crippen molar-refractivity contribution < 1.29 is 18.1 Å². The smallest absolute Gasteiger partial charge is 0.240 e. The Bertz CT molecular complexity index is 865. The molecular formula is C20H27ClN3O3S+. The van der Waals surface area contributed by atoms with Gasteiger partial charge in [-0.15, -0.1) is 0 Å². The van der Waals surface area contributed by atoms with Crippen molar-refractivity contribution in [3.8, 4) is 0 Å². The Kier molecular flexibility index (Phi) is 6.95. The second-order valence-corrected chi connectivity index (χ2v) is 9.32. The molecule has 0 spiro atoms. The summed E-state index contributed by atoms with van der Waals surface area (Å²) in [5, 5.41) is 0.510. The van der Waals surface area contributed by atoms with E-state index in [1.165, 1.54) is 17.0 Å². The zero-order chi connectivity index (χ0) is 20.1. The molecule has 0 aliphatic carbocycles. The molecule has 0 unspecified atom stereocenters. The van der Waals surface area contributed by atoms with Crippen LogP contribution in [0.5, 0.6) is 0 Å². The van der Waals surface area contributed by atoms with Crippen molar-refractivity contribution in [3.05, 3.63) is 59.1 Å². The van der Waals surface area contributed by atoms with Crippen LogP contribution in [0.2, 0.25) is 5.02 Å². The van der Waals surface area contributed by atoms with Gasteiger partial charge in [0.2, 0.25) is 10.0 Å². The Hall–Kier alpha value is -1.64. The van der Waals surface area contributed by atoms with Gasteiger partial charge in [0.05, 0.1) is 24.7 Å². The number of benzene rings is 2. The number of anilines is 1. The highest BCUT2D eigenvalue weighted by Gasteiger charge is 2.28. The molecule has 1 fully saturated rings. The Balaban J connectivity index is 1.79. The van der Waals surface area contributed by atoms with Gasteiger partial charge < -0.3 is 14.5 Å². The molecule has 0 amide bonds. The third kappa shape index (κ3) is 5.24. The molecule has 28 heavy (non-hydrogen) atoms. The molecule has 8 heteroatoms. The number of hydrogen-bond acceptors (Lipinski definition) is 4. The van der Waals surface area contributed by atoms with Gasteiger partial charge in [0.25, 0.3) is 0 Å². The van der Waals surface area contributed by atoms with Gasteiger partial charge in [-0.1, -0.05) is 23.7 Å². The Morgan fingerprint density at radius 1 is 1.07 bits per heavy atom. The number of morpholine rings is 1. The minimum absolute atomic E-state index is 0.0159. The van der Waals surface area contributed by atoms with Crippen molar-refractivity contribution >= 4 is 27.3 Å². The van der Waals surface area contributed by atoms with Crippen LogP contribution < -0.4 is 14.5 Å². The molecule has 0 saturated carbocycles. The summed E-state index contributed by atoms with van der Waals surface area (Å²) in [6.07, 6.45) is 0. The first-order chi connectivity index (χ1) is 13.4. The molecule has 1 heterocycles. The lowest BCUT2D eigenvalue weighted by Gasteiger charge is -2.32. The van der Waals surface area contributed by atoms with Gasteiger partial charge in [-0.2, -0.15) is 0 Å². The van der Waals surface area contributed by atoms with E-state index in [0.29, 0.717) is 24.8 Å². The Morgan fingerprint density at radius 2 is 1.68 bits per heavy atom. The van der Waals surface area contributed by atoms with Gasteiger partial charge in [-0.25, -0.2) is 13.1 Å².